The first kappa shape index (κ1) is 17.8. The summed E-state index contributed by atoms with van der Waals surface area (Å²) in [7, 11) is -3.27. The summed E-state index contributed by atoms with van der Waals surface area (Å²) in [6.45, 7) is 1.09. The number of hydrogen-bond donors (Lipinski definition) is 1. The summed E-state index contributed by atoms with van der Waals surface area (Å²) >= 11 is 0. The highest BCUT2D eigenvalue weighted by Crippen LogP contribution is 2.27. The standard InChI is InChI=1S/C14H21N5O5S/c20-13(2-1-3-18-10-15-9-16-18)19-5-4-17(6-14(21)22)11-7-25(23,24)8-12(11)19/h9-12H,1-8H2,(H,21,22)/t11-,12+/m1/s1. The molecule has 0 saturated carbocycles. The highest BCUT2D eigenvalue weighted by atomic mass is 32.2. The molecule has 0 radical (unpaired) electrons. The minimum absolute atomic E-state index is 0.0896. The Kier molecular flexibility index (Phi) is 5.04. The lowest BCUT2D eigenvalue weighted by Gasteiger charge is -2.43. The fraction of sp³-hybridized carbons (Fsp3) is 0.714. The predicted molar refractivity (Wildman–Crippen MR) is 86.4 cm³/mol. The van der Waals surface area contributed by atoms with Gasteiger partial charge in [0.25, 0.3) is 0 Å². The Morgan fingerprint density at radius 1 is 1.20 bits per heavy atom. The quantitative estimate of drug-likeness (QED) is 0.637. The molecule has 1 amide bonds. The van der Waals surface area contributed by atoms with Crippen LogP contribution < -0.4 is 0 Å². The van der Waals surface area contributed by atoms with Crippen molar-refractivity contribution in [3.8, 4) is 0 Å². The zero-order valence-electron chi connectivity index (χ0n) is 13.7. The van der Waals surface area contributed by atoms with Gasteiger partial charge in [-0.15, -0.1) is 0 Å². The van der Waals surface area contributed by atoms with Crippen molar-refractivity contribution in [2.75, 3.05) is 31.1 Å². The van der Waals surface area contributed by atoms with Gasteiger partial charge in [0.15, 0.2) is 9.84 Å². The summed E-state index contributed by atoms with van der Waals surface area (Å²) in [5.74, 6) is -1.27. The summed E-state index contributed by atoms with van der Waals surface area (Å²) in [4.78, 5) is 30.7. The molecule has 2 fully saturated rings. The number of carbonyl (C=O) groups is 2. The molecule has 1 N–H and O–H groups in total. The van der Waals surface area contributed by atoms with Crippen molar-refractivity contribution < 1.29 is 23.1 Å². The molecule has 0 aliphatic carbocycles. The smallest absolute Gasteiger partial charge is 0.317 e. The number of aliphatic carboxylic acids is 1. The van der Waals surface area contributed by atoms with Gasteiger partial charge in [-0.3, -0.25) is 19.2 Å². The van der Waals surface area contributed by atoms with Gasteiger partial charge in [-0.1, -0.05) is 0 Å². The maximum Gasteiger partial charge on any atom is 0.317 e. The average molecular weight is 371 g/mol. The lowest BCUT2D eigenvalue weighted by Crippen LogP contribution is -2.61. The van der Waals surface area contributed by atoms with Gasteiger partial charge in [-0.2, -0.15) is 5.10 Å². The van der Waals surface area contributed by atoms with Gasteiger partial charge in [0.05, 0.1) is 24.1 Å². The molecular formula is C14H21N5O5S. The Bertz CT molecular complexity index is 735. The summed E-state index contributed by atoms with van der Waals surface area (Å²) < 4.78 is 25.7. The van der Waals surface area contributed by atoms with Crippen LogP contribution in [0.1, 0.15) is 12.8 Å². The van der Waals surface area contributed by atoms with E-state index in [0.29, 0.717) is 32.5 Å². The lowest BCUT2D eigenvalue weighted by atomic mass is 10.0. The van der Waals surface area contributed by atoms with E-state index >= 15 is 0 Å². The maximum atomic E-state index is 12.6. The minimum atomic E-state index is -3.27. The molecule has 2 aliphatic heterocycles. The molecule has 25 heavy (non-hydrogen) atoms. The van der Waals surface area contributed by atoms with Crippen LogP contribution in [0.15, 0.2) is 12.7 Å². The number of carboxylic acids is 1. The molecule has 1 aromatic heterocycles. The van der Waals surface area contributed by atoms with Crippen molar-refractivity contribution >= 4 is 21.7 Å². The molecule has 3 heterocycles. The zero-order valence-corrected chi connectivity index (χ0v) is 14.5. The Labute approximate surface area is 145 Å². The van der Waals surface area contributed by atoms with Crippen LogP contribution in [0.2, 0.25) is 0 Å². The van der Waals surface area contributed by atoms with Crippen LogP contribution in [0.5, 0.6) is 0 Å². The number of aryl methyl sites for hydroxylation is 1. The zero-order chi connectivity index (χ0) is 18.0. The van der Waals surface area contributed by atoms with E-state index in [0.717, 1.165) is 0 Å². The van der Waals surface area contributed by atoms with Crippen LogP contribution in [0.25, 0.3) is 0 Å². The number of fused-ring (bicyclic) bond motifs is 1. The van der Waals surface area contributed by atoms with Gasteiger partial charge >= 0.3 is 5.97 Å². The Morgan fingerprint density at radius 3 is 2.64 bits per heavy atom. The Balaban J connectivity index is 1.63. The number of rotatable bonds is 6. The van der Waals surface area contributed by atoms with Crippen molar-refractivity contribution in [1.82, 2.24) is 24.6 Å². The van der Waals surface area contributed by atoms with Crippen LogP contribution in [-0.2, 0) is 26.0 Å². The third-order valence-electron chi connectivity index (χ3n) is 4.69. The maximum absolute atomic E-state index is 12.6. The van der Waals surface area contributed by atoms with Crippen molar-refractivity contribution in [2.45, 2.75) is 31.5 Å². The second kappa shape index (κ2) is 7.08. The average Bonchev–Trinajstić information content (AvgIpc) is 3.13. The SMILES string of the molecule is O=C(O)CN1CCN(C(=O)CCCn2cncn2)[C@H]2CS(=O)(=O)C[C@H]21. The largest absolute Gasteiger partial charge is 0.480 e. The van der Waals surface area contributed by atoms with Crippen LogP contribution in [-0.4, -0.2) is 93.2 Å². The van der Waals surface area contributed by atoms with E-state index in [4.69, 9.17) is 5.11 Å². The molecule has 0 bridgehead atoms. The molecule has 1 aromatic rings. The van der Waals surface area contributed by atoms with E-state index in [2.05, 4.69) is 10.1 Å². The number of amides is 1. The summed E-state index contributed by atoms with van der Waals surface area (Å²) in [6, 6.07) is -0.897. The van der Waals surface area contributed by atoms with E-state index in [9.17, 15) is 18.0 Å². The number of carboxylic acid groups (broad SMARTS) is 1. The van der Waals surface area contributed by atoms with Crippen LogP contribution in [0.4, 0.5) is 0 Å². The first-order valence-corrected chi connectivity index (χ1v) is 9.96. The van der Waals surface area contributed by atoms with Crippen molar-refractivity contribution in [3.63, 3.8) is 0 Å². The molecule has 11 heteroatoms. The molecule has 10 nitrogen and oxygen atoms in total. The Hall–Kier alpha value is -2.01. The number of nitrogens with zero attached hydrogens (tertiary/aromatic N) is 5. The fourth-order valence-corrected chi connectivity index (χ4v) is 5.60. The first-order valence-electron chi connectivity index (χ1n) is 8.14. The van der Waals surface area contributed by atoms with Gasteiger partial charge < -0.3 is 10.0 Å². The lowest BCUT2D eigenvalue weighted by molar-refractivity contribution is -0.142. The van der Waals surface area contributed by atoms with E-state index in [1.165, 1.54) is 6.33 Å². The second-order valence-electron chi connectivity index (χ2n) is 6.43. The van der Waals surface area contributed by atoms with Gasteiger partial charge in [0, 0.05) is 32.1 Å². The second-order valence-corrected chi connectivity index (χ2v) is 8.58. The topological polar surface area (TPSA) is 126 Å². The summed E-state index contributed by atoms with van der Waals surface area (Å²) in [6.07, 6.45) is 3.88. The van der Waals surface area contributed by atoms with Crippen molar-refractivity contribution in [3.05, 3.63) is 12.7 Å². The molecule has 0 aromatic carbocycles. The Morgan fingerprint density at radius 2 is 1.96 bits per heavy atom. The molecule has 138 valence electrons. The molecule has 3 rings (SSSR count). The highest BCUT2D eigenvalue weighted by Gasteiger charge is 2.48. The molecule has 0 spiro atoms. The number of carbonyl (C=O) groups excluding carboxylic acids is 1. The van der Waals surface area contributed by atoms with Gasteiger partial charge in [-0.25, -0.2) is 13.4 Å². The first-order chi connectivity index (χ1) is 11.9. The third-order valence-corrected chi connectivity index (χ3v) is 6.39. The molecule has 2 aliphatic rings. The number of aromatic nitrogens is 3. The van der Waals surface area contributed by atoms with E-state index in [-0.39, 0.29) is 24.0 Å². The van der Waals surface area contributed by atoms with E-state index < -0.39 is 27.9 Å². The van der Waals surface area contributed by atoms with Crippen LogP contribution in [0.3, 0.4) is 0 Å². The monoisotopic (exact) mass is 371 g/mol. The molecule has 0 unspecified atom stereocenters. The number of sulfone groups is 1. The van der Waals surface area contributed by atoms with Gasteiger partial charge in [-0.05, 0) is 6.42 Å². The molecule has 2 atom stereocenters. The van der Waals surface area contributed by atoms with Crippen molar-refractivity contribution in [2.24, 2.45) is 0 Å². The normalized spacial score (nSPS) is 25.7. The summed E-state index contributed by atoms with van der Waals surface area (Å²) in [5.41, 5.74) is 0. The summed E-state index contributed by atoms with van der Waals surface area (Å²) in [5, 5.41) is 13.0. The van der Waals surface area contributed by atoms with Gasteiger partial charge in [0.1, 0.15) is 12.7 Å². The van der Waals surface area contributed by atoms with Crippen LogP contribution >= 0.6 is 0 Å². The highest BCUT2D eigenvalue weighted by molar-refractivity contribution is 7.91. The third kappa shape index (κ3) is 4.15. The molecule has 2 saturated heterocycles. The van der Waals surface area contributed by atoms with Crippen LogP contribution in [0, 0.1) is 0 Å². The van der Waals surface area contributed by atoms with E-state index in [1.807, 2.05) is 0 Å². The number of hydrogen-bond acceptors (Lipinski definition) is 7. The van der Waals surface area contributed by atoms with Gasteiger partial charge in [0.2, 0.25) is 5.91 Å². The minimum Gasteiger partial charge on any atom is -0.480 e. The number of piperazine rings is 1. The fourth-order valence-electron chi connectivity index (χ4n) is 3.59. The molecular weight excluding hydrogens is 350 g/mol. The predicted octanol–water partition coefficient (Wildman–Crippen LogP) is -1.55. The van der Waals surface area contributed by atoms with E-state index in [1.54, 1.807) is 20.8 Å². The van der Waals surface area contributed by atoms with Crippen molar-refractivity contribution in [1.29, 1.82) is 0 Å².